The van der Waals surface area contributed by atoms with Gasteiger partial charge in [-0.1, -0.05) is 18.2 Å². The fourth-order valence-corrected chi connectivity index (χ4v) is 3.83. The maximum atomic E-state index is 12.6. The Kier molecular flexibility index (Phi) is 4.66. The third-order valence-electron chi connectivity index (χ3n) is 5.37. The molecule has 2 aromatic carbocycles. The van der Waals surface area contributed by atoms with Gasteiger partial charge in [-0.05, 0) is 56.2 Å². The van der Waals surface area contributed by atoms with Crippen molar-refractivity contribution in [2.24, 2.45) is 0 Å². The molecular weight excluding hydrogens is 392 g/mol. The second-order valence-corrected chi connectivity index (χ2v) is 7.39. The summed E-state index contributed by atoms with van der Waals surface area (Å²) in [6.07, 6.45) is 2.19. The van der Waals surface area contributed by atoms with Gasteiger partial charge in [0.1, 0.15) is 0 Å². The van der Waals surface area contributed by atoms with E-state index in [-0.39, 0.29) is 5.91 Å². The first-order chi connectivity index (χ1) is 15.1. The molecule has 0 spiro atoms. The van der Waals surface area contributed by atoms with E-state index < -0.39 is 0 Å². The van der Waals surface area contributed by atoms with Crippen LogP contribution in [0.5, 0.6) is 0 Å². The Labute approximate surface area is 177 Å². The van der Waals surface area contributed by atoms with Gasteiger partial charge in [0.15, 0.2) is 5.65 Å². The van der Waals surface area contributed by atoms with Gasteiger partial charge >= 0.3 is 0 Å². The second kappa shape index (κ2) is 7.64. The van der Waals surface area contributed by atoms with Crippen LogP contribution in [0.15, 0.2) is 59.3 Å². The number of aryl methyl sites for hydroxylation is 2. The van der Waals surface area contributed by atoms with Crippen molar-refractivity contribution in [1.29, 1.82) is 0 Å². The molecule has 1 amide bonds. The first-order valence-corrected chi connectivity index (χ1v) is 10.00. The third-order valence-corrected chi connectivity index (χ3v) is 5.37. The minimum Gasteiger partial charge on any atom is -0.423 e. The van der Waals surface area contributed by atoms with Crippen molar-refractivity contribution >= 4 is 28.1 Å². The fourth-order valence-electron chi connectivity index (χ4n) is 3.83. The maximum Gasteiger partial charge on any atom is 0.247 e. The van der Waals surface area contributed by atoms with Crippen molar-refractivity contribution in [1.82, 2.24) is 24.8 Å². The van der Waals surface area contributed by atoms with Gasteiger partial charge in [-0.25, -0.2) is 9.50 Å². The molecule has 0 unspecified atom stereocenters. The standard InChI is InChI=1S/C23H20N6O2/c1-14-18(15(2)29-22(25-14)19-8-3-4-9-20(19)28-29)10-11-21(30)26-17-7-5-6-16(12-17)23-27-24-13-31-23/h3-9,12-13H,10-11H2,1-2H3,(H,26,30). The van der Waals surface area contributed by atoms with Crippen LogP contribution in [0.1, 0.15) is 23.4 Å². The molecule has 8 heteroatoms. The number of hydrogen-bond donors (Lipinski definition) is 1. The summed E-state index contributed by atoms with van der Waals surface area (Å²) >= 11 is 0. The molecule has 1 N–H and O–H groups in total. The van der Waals surface area contributed by atoms with E-state index in [0.29, 0.717) is 24.4 Å². The molecule has 5 aromatic rings. The van der Waals surface area contributed by atoms with Crippen LogP contribution in [0.2, 0.25) is 0 Å². The van der Waals surface area contributed by atoms with Crippen LogP contribution in [0.3, 0.4) is 0 Å². The lowest BCUT2D eigenvalue weighted by Crippen LogP contribution is -2.14. The molecule has 8 nitrogen and oxygen atoms in total. The lowest BCUT2D eigenvalue weighted by Gasteiger charge is -2.11. The molecule has 0 aliphatic rings. The van der Waals surface area contributed by atoms with Gasteiger partial charge in [-0.3, -0.25) is 4.79 Å². The normalized spacial score (nSPS) is 11.3. The maximum absolute atomic E-state index is 12.6. The number of aromatic nitrogens is 5. The molecule has 154 valence electrons. The Morgan fingerprint density at radius 2 is 2.00 bits per heavy atom. The van der Waals surface area contributed by atoms with Crippen molar-refractivity contribution in [3.63, 3.8) is 0 Å². The van der Waals surface area contributed by atoms with Crippen LogP contribution in [0.25, 0.3) is 28.0 Å². The Morgan fingerprint density at radius 3 is 2.84 bits per heavy atom. The largest absolute Gasteiger partial charge is 0.423 e. The zero-order valence-corrected chi connectivity index (χ0v) is 17.2. The second-order valence-electron chi connectivity index (χ2n) is 7.39. The lowest BCUT2D eigenvalue weighted by molar-refractivity contribution is -0.116. The number of fused-ring (bicyclic) bond motifs is 3. The van der Waals surface area contributed by atoms with E-state index in [9.17, 15) is 4.79 Å². The Morgan fingerprint density at radius 1 is 1.13 bits per heavy atom. The summed E-state index contributed by atoms with van der Waals surface area (Å²) in [4.78, 5) is 17.4. The Hall–Kier alpha value is -4.07. The summed E-state index contributed by atoms with van der Waals surface area (Å²) in [5.41, 5.74) is 6.15. The number of rotatable bonds is 5. The molecule has 0 saturated carbocycles. The van der Waals surface area contributed by atoms with Gasteiger partial charge in [0.2, 0.25) is 18.2 Å². The average Bonchev–Trinajstić information content (AvgIpc) is 3.42. The molecule has 0 fully saturated rings. The van der Waals surface area contributed by atoms with Crippen molar-refractivity contribution in [3.05, 3.63) is 71.9 Å². The Bertz CT molecular complexity index is 1400. The number of hydrogen-bond acceptors (Lipinski definition) is 6. The highest BCUT2D eigenvalue weighted by atomic mass is 16.4. The molecule has 0 bridgehead atoms. The van der Waals surface area contributed by atoms with Crippen LogP contribution < -0.4 is 5.32 Å². The molecule has 0 radical (unpaired) electrons. The van der Waals surface area contributed by atoms with Gasteiger partial charge in [0.25, 0.3) is 0 Å². The number of carbonyl (C=O) groups excluding carboxylic acids is 1. The summed E-state index contributed by atoms with van der Waals surface area (Å²) in [5, 5.41) is 16.2. The van der Waals surface area contributed by atoms with Gasteiger partial charge in [0, 0.05) is 34.4 Å². The molecule has 0 aliphatic carbocycles. The van der Waals surface area contributed by atoms with Gasteiger partial charge in [-0.2, -0.15) is 5.10 Å². The van der Waals surface area contributed by atoms with Crippen molar-refractivity contribution in [2.45, 2.75) is 26.7 Å². The van der Waals surface area contributed by atoms with E-state index >= 15 is 0 Å². The SMILES string of the molecule is Cc1nc2c3ccccc3nn2c(C)c1CCC(=O)Nc1cccc(-c2nnco2)c1. The molecule has 0 atom stereocenters. The summed E-state index contributed by atoms with van der Waals surface area (Å²) in [6.45, 7) is 4.00. The van der Waals surface area contributed by atoms with Crippen molar-refractivity contribution < 1.29 is 9.21 Å². The summed E-state index contributed by atoms with van der Waals surface area (Å²) in [7, 11) is 0. The molecule has 3 aromatic heterocycles. The lowest BCUT2D eigenvalue weighted by atomic mass is 10.1. The number of nitrogens with one attached hydrogen (secondary N) is 1. The van der Waals surface area contributed by atoms with Crippen LogP contribution in [0, 0.1) is 13.8 Å². The summed E-state index contributed by atoms with van der Waals surface area (Å²) in [6, 6.07) is 15.3. The molecule has 0 saturated heterocycles. The number of anilines is 1. The molecule has 5 rings (SSSR count). The number of amides is 1. The number of nitrogens with zero attached hydrogens (tertiary/aromatic N) is 5. The Balaban J connectivity index is 1.34. The van der Waals surface area contributed by atoms with Crippen LogP contribution in [-0.2, 0) is 11.2 Å². The predicted molar refractivity (Wildman–Crippen MR) is 117 cm³/mol. The predicted octanol–water partition coefficient (Wildman–Crippen LogP) is 4.12. The smallest absolute Gasteiger partial charge is 0.247 e. The monoisotopic (exact) mass is 412 g/mol. The third kappa shape index (κ3) is 3.52. The first-order valence-electron chi connectivity index (χ1n) is 10.00. The highest BCUT2D eigenvalue weighted by molar-refractivity contribution is 5.93. The zero-order valence-electron chi connectivity index (χ0n) is 17.2. The van der Waals surface area contributed by atoms with E-state index in [1.165, 1.54) is 6.39 Å². The topological polar surface area (TPSA) is 98.2 Å². The van der Waals surface area contributed by atoms with E-state index in [4.69, 9.17) is 9.40 Å². The quantitative estimate of drug-likeness (QED) is 0.466. The van der Waals surface area contributed by atoms with Gasteiger partial charge in [-0.15, -0.1) is 10.2 Å². The van der Waals surface area contributed by atoms with E-state index in [1.807, 2.05) is 66.9 Å². The van der Waals surface area contributed by atoms with Crippen LogP contribution in [0.4, 0.5) is 5.69 Å². The minimum absolute atomic E-state index is 0.0767. The van der Waals surface area contributed by atoms with E-state index in [0.717, 1.165) is 39.1 Å². The molecular formula is C23H20N6O2. The van der Waals surface area contributed by atoms with Crippen molar-refractivity contribution in [3.8, 4) is 11.5 Å². The van der Waals surface area contributed by atoms with Gasteiger partial charge in [0.05, 0.1) is 5.52 Å². The first kappa shape index (κ1) is 18.9. The molecule has 3 heterocycles. The van der Waals surface area contributed by atoms with Crippen molar-refractivity contribution in [2.75, 3.05) is 5.32 Å². The van der Waals surface area contributed by atoms with Crippen LogP contribution in [-0.4, -0.2) is 30.7 Å². The highest BCUT2D eigenvalue weighted by Gasteiger charge is 2.15. The highest BCUT2D eigenvalue weighted by Crippen LogP contribution is 2.24. The van der Waals surface area contributed by atoms with Crippen LogP contribution >= 0.6 is 0 Å². The average molecular weight is 412 g/mol. The summed E-state index contributed by atoms with van der Waals surface area (Å²) < 4.78 is 7.09. The fraction of sp³-hybridized carbons (Fsp3) is 0.174. The molecule has 31 heavy (non-hydrogen) atoms. The molecule has 0 aliphatic heterocycles. The van der Waals surface area contributed by atoms with Gasteiger partial charge < -0.3 is 9.73 Å². The minimum atomic E-state index is -0.0767. The summed E-state index contributed by atoms with van der Waals surface area (Å²) in [5.74, 6) is 0.334. The van der Waals surface area contributed by atoms with E-state index in [2.05, 4.69) is 20.6 Å². The zero-order chi connectivity index (χ0) is 21.4. The number of carbonyl (C=O) groups is 1. The van der Waals surface area contributed by atoms with E-state index in [1.54, 1.807) is 0 Å². The number of benzene rings is 2.